The van der Waals surface area contributed by atoms with E-state index in [2.05, 4.69) is 15.0 Å². The molecule has 34 heavy (non-hydrogen) atoms. The first-order valence-corrected chi connectivity index (χ1v) is 12.5. The molecule has 1 N–H and O–H groups in total. The van der Waals surface area contributed by atoms with E-state index in [1.54, 1.807) is 6.08 Å². The zero-order chi connectivity index (χ0) is 23.7. The van der Waals surface area contributed by atoms with Gasteiger partial charge in [-0.05, 0) is 79.9 Å². The zero-order valence-corrected chi connectivity index (χ0v) is 20.4. The Morgan fingerprint density at radius 1 is 1.21 bits per heavy atom. The molecule has 8 nitrogen and oxygen atoms in total. The fourth-order valence-electron chi connectivity index (χ4n) is 4.07. The molecule has 1 amide bonds. The van der Waals surface area contributed by atoms with Gasteiger partial charge < -0.3 is 14.2 Å². The maximum Gasteiger partial charge on any atom is 0.283 e. The number of halogens is 1. The molecule has 4 heterocycles. The molecule has 1 aromatic heterocycles. The van der Waals surface area contributed by atoms with Crippen LogP contribution in [0.1, 0.15) is 30.5 Å². The first-order valence-electron chi connectivity index (χ1n) is 11.3. The number of likely N-dealkylation sites (tertiary alicyclic amines) is 1. The topological polar surface area (TPSA) is 86.3 Å². The molecule has 0 radical (unpaired) electrons. The Kier molecular flexibility index (Phi) is 6.47. The molecule has 1 fully saturated rings. The Morgan fingerprint density at radius 3 is 2.82 bits per heavy atom. The quantitative estimate of drug-likeness (QED) is 0.612. The zero-order valence-electron chi connectivity index (χ0n) is 18.8. The number of benzene rings is 1. The van der Waals surface area contributed by atoms with Crippen molar-refractivity contribution in [2.45, 2.75) is 32.7 Å². The van der Waals surface area contributed by atoms with E-state index in [-0.39, 0.29) is 11.4 Å². The van der Waals surface area contributed by atoms with Crippen LogP contribution in [0.25, 0.3) is 6.08 Å². The number of aromatic nitrogens is 1. The minimum Gasteiger partial charge on any atom is -0.492 e. The molecule has 10 heteroatoms. The number of aryl methyl sites for hydroxylation is 1. The predicted octanol–water partition coefficient (Wildman–Crippen LogP) is 4.59. The summed E-state index contributed by atoms with van der Waals surface area (Å²) in [6, 6.07) is 9.38. The van der Waals surface area contributed by atoms with Crippen LogP contribution in [0.15, 0.2) is 52.2 Å². The minimum absolute atomic E-state index is 0.0511. The number of amides is 1. The summed E-state index contributed by atoms with van der Waals surface area (Å²) in [5.74, 6) is 0.392. The van der Waals surface area contributed by atoms with Gasteiger partial charge in [0, 0.05) is 30.0 Å². The second-order valence-electron chi connectivity index (χ2n) is 8.34. The lowest BCUT2D eigenvalue weighted by Crippen LogP contribution is -2.35. The van der Waals surface area contributed by atoms with E-state index in [1.807, 2.05) is 48.0 Å². The number of rotatable bonds is 5. The second-order valence-corrected chi connectivity index (χ2v) is 9.68. The normalized spacial score (nSPS) is 19.4. The molecule has 176 valence electrons. The molecular weight excluding hydrogens is 472 g/mol. The van der Waals surface area contributed by atoms with Gasteiger partial charge in [0.15, 0.2) is 11.0 Å². The Hall–Kier alpha value is -3.04. The summed E-state index contributed by atoms with van der Waals surface area (Å²) in [6.45, 7) is 4.87. The van der Waals surface area contributed by atoms with Crippen LogP contribution in [0.4, 0.5) is 0 Å². The first kappa shape index (κ1) is 22.7. The molecule has 0 unspecified atom stereocenters. The van der Waals surface area contributed by atoms with Crippen molar-refractivity contribution in [3.05, 3.63) is 58.4 Å². The molecular formula is C24H25ClN6O2S. The second kappa shape index (κ2) is 9.68. The number of thioether (sulfide) groups is 1. The predicted molar refractivity (Wildman–Crippen MR) is 137 cm³/mol. The van der Waals surface area contributed by atoms with Crippen molar-refractivity contribution in [3.8, 4) is 5.75 Å². The third-order valence-corrected chi connectivity index (χ3v) is 7.35. The lowest BCUT2D eigenvalue weighted by Gasteiger charge is -2.26. The number of carbonyl (C=O) groups excluding carboxylic acids is 1. The molecule has 3 aliphatic rings. The van der Waals surface area contributed by atoms with E-state index in [0.29, 0.717) is 23.3 Å². The summed E-state index contributed by atoms with van der Waals surface area (Å²) >= 11 is 7.44. The molecule has 0 aliphatic carbocycles. The van der Waals surface area contributed by atoms with Crippen LogP contribution in [-0.2, 0) is 11.3 Å². The van der Waals surface area contributed by atoms with E-state index in [9.17, 15) is 4.79 Å². The van der Waals surface area contributed by atoms with Crippen molar-refractivity contribution in [2.24, 2.45) is 10.1 Å². The van der Waals surface area contributed by atoms with E-state index < -0.39 is 5.91 Å². The standard InChI is InChI=1S/C24H25ClN6O2S/c1-16-14-18(7-8-20(16)25)33-13-12-29-11-5-6-17(29)15-19-21(26)31-23(27-22(19)32)34-24(28-31)30-9-3-2-4-10-30/h5-8,11,14-15,26H,2-4,9-10,12-13H2,1H3/b19-15+,26-21?. The van der Waals surface area contributed by atoms with Crippen molar-refractivity contribution in [3.63, 3.8) is 0 Å². The van der Waals surface area contributed by atoms with Crippen molar-refractivity contribution in [1.29, 1.82) is 5.41 Å². The van der Waals surface area contributed by atoms with Crippen LogP contribution in [0.2, 0.25) is 5.02 Å². The van der Waals surface area contributed by atoms with E-state index in [4.69, 9.17) is 21.7 Å². The fraction of sp³-hybridized carbons (Fsp3) is 0.333. The molecule has 0 saturated carbocycles. The van der Waals surface area contributed by atoms with Crippen LogP contribution in [0, 0.1) is 12.3 Å². The van der Waals surface area contributed by atoms with Gasteiger partial charge in [-0.15, -0.1) is 5.10 Å². The molecule has 0 bridgehead atoms. The van der Waals surface area contributed by atoms with Crippen LogP contribution >= 0.6 is 23.4 Å². The summed E-state index contributed by atoms with van der Waals surface area (Å²) in [5.41, 5.74) is 1.99. The van der Waals surface area contributed by atoms with Gasteiger partial charge >= 0.3 is 0 Å². The number of nitrogens with one attached hydrogen (secondary N) is 1. The SMILES string of the molecule is Cc1cc(OCCn2cccc2/C=C2\C(=N)N3N=C(N4CCCCC4)SC3=NC2=O)ccc1Cl. The summed E-state index contributed by atoms with van der Waals surface area (Å²) in [5, 5.41) is 16.7. The van der Waals surface area contributed by atoms with Crippen molar-refractivity contribution < 1.29 is 9.53 Å². The monoisotopic (exact) mass is 496 g/mol. The molecule has 3 aliphatic heterocycles. The highest BCUT2D eigenvalue weighted by molar-refractivity contribution is 8.26. The highest BCUT2D eigenvalue weighted by Crippen LogP contribution is 2.30. The number of piperidine rings is 1. The number of nitrogens with zero attached hydrogens (tertiary/aromatic N) is 5. The summed E-state index contributed by atoms with van der Waals surface area (Å²) < 4.78 is 7.85. The minimum atomic E-state index is -0.417. The van der Waals surface area contributed by atoms with Gasteiger partial charge in [-0.2, -0.15) is 10.0 Å². The maximum absolute atomic E-state index is 12.8. The lowest BCUT2D eigenvalue weighted by atomic mass is 10.1. The van der Waals surface area contributed by atoms with Crippen molar-refractivity contribution in [2.75, 3.05) is 19.7 Å². The molecule has 1 saturated heterocycles. The molecule has 1 aromatic carbocycles. The third-order valence-electron chi connectivity index (χ3n) is 5.96. The Balaban J connectivity index is 1.29. The van der Waals surface area contributed by atoms with E-state index in [0.717, 1.165) is 48.1 Å². The van der Waals surface area contributed by atoms with Crippen LogP contribution in [0.5, 0.6) is 5.75 Å². The van der Waals surface area contributed by atoms with Gasteiger partial charge in [-0.25, -0.2) is 0 Å². The van der Waals surface area contributed by atoms with E-state index >= 15 is 0 Å². The maximum atomic E-state index is 12.8. The number of fused-ring (bicyclic) bond motifs is 1. The number of ether oxygens (including phenoxy) is 1. The molecule has 0 spiro atoms. The summed E-state index contributed by atoms with van der Waals surface area (Å²) in [7, 11) is 0. The molecule has 5 rings (SSSR count). The number of aliphatic imine (C=N–C) groups is 1. The molecule has 2 aromatic rings. The lowest BCUT2D eigenvalue weighted by molar-refractivity contribution is -0.114. The average molecular weight is 497 g/mol. The number of amidine groups is 3. The van der Waals surface area contributed by atoms with Crippen LogP contribution in [0.3, 0.4) is 0 Å². The number of carbonyl (C=O) groups is 1. The number of hydrazone groups is 1. The average Bonchev–Trinajstić information content (AvgIpc) is 3.46. The summed E-state index contributed by atoms with van der Waals surface area (Å²) in [4.78, 5) is 19.2. The van der Waals surface area contributed by atoms with Gasteiger partial charge in [0.2, 0.25) is 5.17 Å². The number of hydrogen-bond donors (Lipinski definition) is 1. The van der Waals surface area contributed by atoms with Crippen LogP contribution < -0.4 is 4.74 Å². The Bertz CT molecular complexity index is 1230. The fourth-order valence-corrected chi connectivity index (χ4v) is 5.14. The van der Waals surface area contributed by atoms with Gasteiger partial charge in [-0.1, -0.05) is 11.6 Å². The van der Waals surface area contributed by atoms with Crippen molar-refractivity contribution >= 4 is 51.5 Å². The highest BCUT2D eigenvalue weighted by atomic mass is 35.5. The summed E-state index contributed by atoms with van der Waals surface area (Å²) in [6.07, 6.45) is 7.12. The first-order chi connectivity index (χ1) is 16.5. The van der Waals surface area contributed by atoms with E-state index in [1.165, 1.54) is 23.2 Å². The Labute approximate surface area is 207 Å². The van der Waals surface area contributed by atoms with Crippen LogP contribution in [-0.4, -0.2) is 56.3 Å². The Morgan fingerprint density at radius 2 is 2.03 bits per heavy atom. The smallest absolute Gasteiger partial charge is 0.283 e. The highest BCUT2D eigenvalue weighted by Gasteiger charge is 2.37. The van der Waals surface area contributed by atoms with Gasteiger partial charge in [0.25, 0.3) is 5.91 Å². The van der Waals surface area contributed by atoms with Gasteiger partial charge in [0.05, 0.1) is 12.1 Å². The van der Waals surface area contributed by atoms with Gasteiger partial charge in [0.1, 0.15) is 12.4 Å². The third kappa shape index (κ3) is 4.63. The van der Waals surface area contributed by atoms with Gasteiger partial charge in [-0.3, -0.25) is 10.2 Å². The largest absolute Gasteiger partial charge is 0.492 e. The van der Waals surface area contributed by atoms with Crippen molar-refractivity contribution in [1.82, 2.24) is 14.5 Å². The molecule has 0 atom stereocenters. The number of hydrogen-bond acceptors (Lipinski definition) is 6.